The Labute approximate surface area is 251 Å². The van der Waals surface area contributed by atoms with Crippen LogP contribution in [-0.2, 0) is 19.5 Å². The average molecular weight is 628 g/mol. The predicted octanol–water partition coefficient (Wildman–Crippen LogP) is 6.43. The van der Waals surface area contributed by atoms with Gasteiger partial charge in [-0.15, -0.1) is 0 Å². The number of hydrogen-bond donors (Lipinski definition) is 1. The molecule has 0 bridgehead atoms. The van der Waals surface area contributed by atoms with Gasteiger partial charge < -0.3 is 5.11 Å². The maximum Gasteiger partial charge on any atom is 0.335 e. The molecule has 6 heterocycles. The van der Waals surface area contributed by atoms with Crippen LogP contribution in [0.4, 0.5) is 0 Å². The van der Waals surface area contributed by atoms with E-state index in [0.29, 0.717) is 11.4 Å². The molecule has 0 aliphatic heterocycles. The fraction of sp³-hybridized carbons (Fsp3) is 0.0312. The molecule has 6 rings (SSSR count). The molecule has 0 amide bonds. The summed E-state index contributed by atoms with van der Waals surface area (Å²) in [5.41, 5.74) is 6.19. The predicted molar refractivity (Wildman–Crippen MR) is 154 cm³/mol. The number of aromatic carboxylic acids is 1. The number of hydrogen-bond acceptors (Lipinski definition) is 7. The summed E-state index contributed by atoms with van der Waals surface area (Å²) in [5.74, 6) is -0.962. The standard InChI is InChI=1S/C12H10N2O2.2C10H8N2.Ru/c1-8-2-4-13-10(6-8)11-7-9(12(15)16)3-5-14-11;2*1-3-7-11-9(5-1)10-6-2-4-8-12-10;/h2-7H,1H3,(H,15,16);2*1-8H;. The summed E-state index contributed by atoms with van der Waals surface area (Å²) >= 11 is 0. The summed E-state index contributed by atoms with van der Waals surface area (Å²) in [4.78, 5) is 35.8. The Morgan fingerprint density at radius 2 is 0.854 bits per heavy atom. The maximum atomic E-state index is 10.8. The zero-order valence-corrected chi connectivity index (χ0v) is 23.8. The molecular formula is C32H26N6O2Ru. The third kappa shape index (κ3) is 9.60. The van der Waals surface area contributed by atoms with E-state index in [4.69, 9.17) is 5.11 Å². The third-order valence-electron chi connectivity index (χ3n) is 5.37. The van der Waals surface area contributed by atoms with Crippen molar-refractivity contribution in [2.24, 2.45) is 0 Å². The Morgan fingerprint density at radius 1 is 0.488 bits per heavy atom. The fourth-order valence-electron chi connectivity index (χ4n) is 3.44. The van der Waals surface area contributed by atoms with E-state index in [2.05, 4.69) is 29.9 Å². The molecule has 0 aromatic carbocycles. The first-order valence-corrected chi connectivity index (χ1v) is 12.4. The molecule has 0 aliphatic rings. The Balaban J connectivity index is 0.000000169. The molecule has 6 aromatic rings. The second-order valence-corrected chi connectivity index (χ2v) is 8.31. The van der Waals surface area contributed by atoms with Gasteiger partial charge in [0.2, 0.25) is 0 Å². The van der Waals surface area contributed by atoms with Crippen LogP contribution in [0.2, 0.25) is 0 Å². The second-order valence-electron chi connectivity index (χ2n) is 8.31. The van der Waals surface area contributed by atoms with Gasteiger partial charge >= 0.3 is 5.97 Å². The van der Waals surface area contributed by atoms with Crippen molar-refractivity contribution in [2.45, 2.75) is 6.92 Å². The van der Waals surface area contributed by atoms with E-state index < -0.39 is 5.97 Å². The van der Waals surface area contributed by atoms with Crippen molar-refractivity contribution in [2.75, 3.05) is 0 Å². The summed E-state index contributed by atoms with van der Waals surface area (Å²) in [7, 11) is 0. The SMILES string of the molecule is Cc1ccnc(-c2cc(C(=O)O)ccn2)c1.[Ru].c1ccc(-c2ccccn2)nc1.c1ccc(-c2ccccn2)nc1. The van der Waals surface area contributed by atoms with Crippen LogP contribution in [0.5, 0.6) is 0 Å². The Morgan fingerprint density at radius 3 is 1.20 bits per heavy atom. The number of aryl methyl sites for hydroxylation is 1. The molecule has 0 fully saturated rings. The fourth-order valence-corrected chi connectivity index (χ4v) is 3.44. The van der Waals surface area contributed by atoms with E-state index in [1.165, 1.54) is 18.3 Å². The molecule has 8 nitrogen and oxygen atoms in total. The first-order chi connectivity index (χ1) is 19.6. The molecule has 0 spiro atoms. The molecule has 204 valence electrons. The number of carboxylic acids is 1. The first-order valence-electron chi connectivity index (χ1n) is 12.4. The molecule has 9 heteroatoms. The minimum absolute atomic E-state index is 0. The van der Waals surface area contributed by atoms with E-state index in [1.807, 2.05) is 91.9 Å². The summed E-state index contributed by atoms with van der Waals surface area (Å²) in [6, 6.07) is 29.9. The van der Waals surface area contributed by atoms with Crippen LogP contribution in [0, 0.1) is 6.92 Å². The van der Waals surface area contributed by atoms with E-state index in [1.54, 1.807) is 31.0 Å². The smallest absolute Gasteiger partial charge is 0.335 e. The van der Waals surface area contributed by atoms with E-state index in [0.717, 1.165) is 28.3 Å². The van der Waals surface area contributed by atoms with Crippen LogP contribution < -0.4 is 0 Å². The largest absolute Gasteiger partial charge is 0.478 e. The van der Waals surface area contributed by atoms with Crippen molar-refractivity contribution in [3.63, 3.8) is 0 Å². The number of rotatable bonds is 4. The molecular weight excluding hydrogens is 601 g/mol. The normalized spacial score (nSPS) is 9.59. The Bertz CT molecular complexity index is 1470. The first kappa shape index (κ1) is 30.5. The van der Waals surface area contributed by atoms with Gasteiger partial charge in [-0.3, -0.25) is 29.9 Å². The zero-order chi connectivity index (χ0) is 28.0. The number of carbonyl (C=O) groups is 1. The molecule has 0 unspecified atom stereocenters. The van der Waals surface area contributed by atoms with Crippen molar-refractivity contribution in [3.05, 3.63) is 145 Å². The molecule has 41 heavy (non-hydrogen) atoms. The van der Waals surface area contributed by atoms with Gasteiger partial charge in [-0.2, -0.15) is 0 Å². The zero-order valence-electron chi connectivity index (χ0n) is 22.1. The quantitative estimate of drug-likeness (QED) is 0.222. The molecule has 0 radical (unpaired) electrons. The third-order valence-corrected chi connectivity index (χ3v) is 5.37. The molecule has 1 N–H and O–H groups in total. The average Bonchev–Trinajstić information content (AvgIpc) is 3.03. The maximum absolute atomic E-state index is 10.8. The van der Waals surface area contributed by atoms with E-state index in [9.17, 15) is 4.79 Å². The second kappa shape index (κ2) is 16.2. The Hall–Kier alpha value is -5.01. The van der Waals surface area contributed by atoms with Gasteiger partial charge in [0.1, 0.15) is 0 Å². The number of nitrogens with zero attached hydrogens (tertiary/aromatic N) is 6. The van der Waals surface area contributed by atoms with Gasteiger partial charge in [0, 0.05) is 56.7 Å². The monoisotopic (exact) mass is 628 g/mol. The van der Waals surface area contributed by atoms with Gasteiger partial charge in [0.05, 0.1) is 39.7 Å². The number of carboxylic acid groups (broad SMARTS) is 1. The minimum atomic E-state index is -0.962. The number of pyridine rings is 6. The van der Waals surface area contributed by atoms with Crippen molar-refractivity contribution < 1.29 is 29.4 Å². The van der Waals surface area contributed by atoms with Crippen molar-refractivity contribution >= 4 is 5.97 Å². The van der Waals surface area contributed by atoms with Crippen molar-refractivity contribution in [1.29, 1.82) is 0 Å². The van der Waals surface area contributed by atoms with Crippen LogP contribution >= 0.6 is 0 Å². The summed E-state index contributed by atoms with van der Waals surface area (Å²) in [6.45, 7) is 1.95. The van der Waals surface area contributed by atoms with Gasteiger partial charge in [-0.1, -0.05) is 24.3 Å². The van der Waals surface area contributed by atoms with Crippen LogP contribution in [0.1, 0.15) is 15.9 Å². The Kier molecular flexibility index (Phi) is 12.0. The van der Waals surface area contributed by atoms with Crippen molar-refractivity contribution in [3.8, 4) is 34.2 Å². The van der Waals surface area contributed by atoms with Gasteiger partial charge in [0.15, 0.2) is 0 Å². The minimum Gasteiger partial charge on any atom is -0.478 e. The van der Waals surface area contributed by atoms with Crippen LogP contribution in [-0.4, -0.2) is 41.0 Å². The molecule has 0 atom stereocenters. The topological polar surface area (TPSA) is 115 Å². The van der Waals surface area contributed by atoms with Crippen LogP contribution in [0.3, 0.4) is 0 Å². The summed E-state index contributed by atoms with van der Waals surface area (Å²) < 4.78 is 0. The molecule has 6 aromatic heterocycles. The van der Waals surface area contributed by atoms with Gasteiger partial charge in [0.25, 0.3) is 0 Å². The summed E-state index contributed by atoms with van der Waals surface area (Å²) in [6.07, 6.45) is 10.2. The van der Waals surface area contributed by atoms with E-state index >= 15 is 0 Å². The molecule has 0 saturated heterocycles. The number of aromatic nitrogens is 6. The van der Waals surface area contributed by atoms with Crippen molar-refractivity contribution in [1.82, 2.24) is 29.9 Å². The molecule has 0 aliphatic carbocycles. The molecule has 0 saturated carbocycles. The van der Waals surface area contributed by atoms with E-state index in [-0.39, 0.29) is 25.0 Å². The van der Waals surface area contributed by atoms with Gasteiger partial charge in [-0.25, -0.2) is 4.79 Å². The summed E-state index contributed by atoms with van der Waals surface area (Å²) in [5, 5.41) is 8.86. The van der Waals surface area contributed by atoms with Crippen LogP contribution in [0.25, 0.3) is 34.2 Å². The van der Waals surface area contributed by atoms with Crippen LogP contribution in [0.15, 0.2) is 134 Å². The van der Waals surface area contributed by atoms with Gasteiger partial charge in [-0.05, 0) is 85.3 Å².